The van der Waals surface area contributed by atoms with Gasteiger partial charge in [0.25, 0.3) is 0 Å². The van der Waals surface area contributed by atoms with Crippen molar-refractivity contribution >= 4 is 57.3 Å². The smallest absolute Gasteiger partial charge is 0.234 e. The van der Waals surface area contributed by atoms with Crippen LogP contribution in [0.1, 0.15) is 44.1 Å². The van der Waals surface area contributed by atoms with Crippen molar-refractivity contribution in [2.24, 2.45) is 9.98 Å². The third-order valence-electron chi connectivity index (χ3n) is 5.32. The van der Waals surface area contributed by atoms with Gasteiger partial charge in [-0.1, -0.05) is 66.0 Å². The van der Waals surface area contributed by atoms with Gasteiger partial charge in [-0.2, -0.15) is 0 Å². The van der Waals surface area contributed by atoms with Crippen LogP contribution in [-0.2, 0) is 4.79 Å². The fourth-order valence-corrected chi connectivity index (χ4v) is 5.22. The molecule has 4 nitrogen and oxygen atoms in total. The van der Waals surface area contributed by atoms with E-state index in [4.69, 9.17) is 33.2 Å². The predicted octanol–water partition coefficient (Wildman–Crippen LogP) is 6.62. The first-order chi connectivity index (χ1) is 14.5. The quantitative estimate of drug-likeness (QED) is 0.558. The molecule has 0 saturated heterocycles. The number of hydrogen-bond acceptors (Lipinski definition) is 4. The molecule has 2 aliphatic rings. The van der Waals surface area contributed by atoms with Crippen LogP contribution in [0.4, 0.5) is 5.69 Å². The Morgan fingerprint density at radius 2 is 1.73 bits per heavy atom. The molecule has 1 heterocycles. The number of carbonyl (C=O) groups excluding carboxylic acids is 1. The van der Waals surface area contributed by atoms with Crippen molar-refractivity contribution in [3.05, 3.63) is 64.1 Å². The van der Waals surface area contributed by atoms with Gasteiger partial charge in [-0.15, -0.1) is 0 Å². The number of hydrogen-bond donors (Lipinski definition) is 1. The maximum atomic E-state index is 12.5. The van der Waals surface area contributed by atoms with E-state index in [1.807, 2.05) is 42.5 Å². The van der Waals surface area contributed by atoms with Crippen molar-refractivity contribution in [1.29, 1.82) is 0 Å². The lowest BCUT2D eigenvalue weighted by Gasteiger charge is -2.20. The molecule has 1 fully saturated rings. The summed E-state index contributed by atoms with van der Waals surface area (Å²) in [4.78, 5) is 22.6. The fourth-order valence-electron chi connectivity index (χ4n) is 3.85. The summed E-state index contributed by atoms with van der Waals surface area (Å²) in [6.45, 7) is 0. The first-order valence-corrected chi connectivity index (χ1v) is 11.9. The van der Waals surface area contributed by atoms with Crippen molar-refractivity contribution < 1.29 is 4.79 Å². The van der Waals surface area contributed by atoms with Gasteiger partial charge in [0.15, 0.2) is 5.66 Å². The number of carbonyl (C=O) groups is 1. The summed E-state index contributed by atoms with van der Waals surface area (Å²) in [6, 6.07) is 14.9. The summed E-state index contributed by atoms with van der Waals surface area (Å²) in [5, 5.41) is 4.84. The predicted molar refractivity (Wildman–Crippen MR) is 128 cm³/mol. The highest BCUT2D eigenvalue weighted by Crippen LogP contribution is 2.39. The minimum Gasteiger partial charge on any atom is -0.325 e. The third kappa shape index (κ3) is 5.08. The van der Waals surface area contributed by atoms with Gasteiger partial charge in [0.2, 0.25) is 5.91 Å². The summed E-state index contributed by atoms with van der Waals surface area (Å²) >= 11 is 14.0. The molecule has 1 aliphatic carbocycles. The molecule has 0 unspecified atom stereocenters. The minimum atomic E-state index is -0.424. The molecular formula is C23H23Cl2N3OS. The Morgan fingerprint density at radius 1 is 1.00 bits per heavy atom. The lowest BCUT2D eigenvalue weighted by Crippen LogP contribution is -2.20. The molecule has 1 N–H and O–H groups in total. The maximum Gasteiger partial charge on any atom is 0.234 e. The third-order valence-corrected chi connectivity index (χ3v) is 6.83. The summed E-state index contributed by atoms with van der Waals surface area (Å²) in [7, 11) is 0. The van der Waals surface area contributed by atoms with Gasteiger partial charge < -0.3 is 5.32 Å². The molecule has 1 saturated carbocycles. The highest BCUT2D eigenvalue weighted by molar-refractivity contribution is 8.16. The summed E-state index contributed by atoms with van der Waals surface area (Å²) in [6.07, 6.45) is 6.52. The second-order valence-electron chi connectivity index (χ2n) is 7.60. The monoisotopic (exact) mass is 459 g/mol. The van der Waals surface area contributed by atoms with Crippen LogP contribution < -0.4 is 5.32 Å². The molecule has 0 radical (unpaired) electrons. The molecular weight excluding hydrogens is 437 g/mol. The van der Waals surface area contributed by atoms with Crippen LogP contribution in [0.25, 0.3) is 0 Å². The van der Waals surface area contributed by atoms with Crippen molar-refractivity contribution in [2.75, 3.05) is 11.1 Å². The molecule has 156 valence electrons. The van der Waals surface area contributed by atoms with Crippen LogP contribution in [0, 0.1) is 0 Å². The van der Waals surface area contributed by atoms with Gasteiger partial charge in [-0.05, 0) is 56.0 Å². The number of rotatable bonds is 4. The lowest BCUT2D eigenvalue weighted by atomic mass is 10.0. The fraction of sp³-hybridized carbons (Fsp3) is 0.348. The molecule has 2 aromatic rings. The van der Waals surface area contributed by atoms with Crippen molar-refractivity contribution in [2.45, 2.75) is 44.2 Å². The Morgan fingerprint density at radius 3 is 2.43 bits per heavy atom. The number of halogens is 2. The molecule has 30 heavy (non-hydrogen) atoms. The van der Waals surface area contributed by atoms with E-state index < -0.39 is 5.66 Å². The normalized spacial score (nSPS) is 17.9. The number of nitrogens with one attached hydrogen (secondary N) is 1. The SMILES string of the molecule is O=C(CSC1=NC2(CCCCCC2)N=C1c1ccc(Cl)cc1Cl)Nc1ccccc1. The zero-order valence-electron chi connectivity index (χ0n) is 16.5. The van der Waals surface area contributed by atoms with Crippen LogP contribution in [-0.4, -0.2) is 28.1 Å². The van der Waals surface area contributed by atoms with Crippen LogP contribution in [0.15, 0.2) is 58.5 Å². The van der Waals surface area contributed by atoms with Crippen LogP contribution in [0.5, 0.6) is 0 Å². The van der Waals surface area contributed by atoms with Crippen LogP contribution in [0.3, 0.4) is 0 Å². The van der Waals surface area contributed by atoms with E-state index in [1.165, 1.54) is 24.6 Å². The molecule has 0 bridgehead atoms. The second-order valence-corrected chi connectivity index (χ2v) is 9.41. The average molecular weight is 460 g/mol. The molecule has 0 atom stereocenters. The molecule has 1 amide bonds. The van der Waals surface area contributed by atoms with Crippen LogP contribution in [0.2, 0.25) is 10.0 Å². The topological polar surface area (TPSA) is 53.8 Å². The highest BCUT2D eigenvalue weighted by Gasteiger charge is 2.37. The number of nitrogens with zero attached hydrogens (tertiary/aromatic N) is 2. The van der Waals surface area contributed by atoms with Gasteiger partial charge in [0.05, 0.1) is 10.8 Å². The van der Waals surface area contributed by atoms with Gasteiger partial charge in [0.1, 0.15) is 10.8 Å². The number of thioether (sulfide) groups is 1. The number of anilines is 1. The zero-order chi connectivity index (χ0) is 21.0. The Balaban J connectivity index is 1.56. The van der Waals surface area contributed by atoms with Crippen molar-refractivity contribution in [3.63, 3.8) is 0 Å². The van der Waals surface area contributed by atoms with E-state index in [-0.39, 0.29) is 11.7 Å². The molecule has 0 aromatic heterocycles. The van der Waals surface area contributed by atoms with Gasteiger partial charge in [-0.25, -0.2) is 4.99 Å². The Labute approximate surface area is 191 Å². The van der Waals surface area contributed by atoms with Crippen LogP contribution >= 0.6 is 35.0 Å². The first-order valence-electron chi connectivity index (χ1n) is 10.2. The van der Waals surface area contributed by atoms with Crippen molar-refractivity contribution in [3.8, 4) is 0 Å². The molecule has 1 spiro atoms. The zero-order valence-corrected chi connectivity index (χ0v) is 18.9. The van der Waals surface area contributed by atoms with E-state index in [0.717, 1.165) is 47.7 Å². The number of amides is 1. The number of benzene rings is 2. The van der Waals surface area contributed by atoms with E-state index in [9.17, 15) is 4.79 Å². The maximum absolute atomic E-state index is 12.5. The standard InChI is InChI=1S/C23H23Cl2N3OS/c24-16-10-11-18(19(25)14-16)21-22(28-23(27-21)12-6-1-2-7-13-23)30-15-20(29)26-17-8-4-3-5-9-17/h3-5,8-11,14H,1-2,6-7,12-13,15H2,(H,26,29). The lowest BCUT2D eigenvalue weighted by molar-refractivity contribution is -0.113. The molecule has 7 heteroatoms. The summed E-state index contributed by atoms with van der Waals surface area (Å²) < 4.78 is 0. The van der Waals surface area contributed by atoms with Gasteiger partial charge >= 0.3 is 0 Å². The molecule has 4 rings (SSSR count). The largest absolute Gasteiger partial charge is 0.325 e. The summed E-state index contributed by atoms with van der Waals surface area (Å²) in [5.74, 6) is 0.186. The van der Waals surface area contributed by atoms with Gasteiger partial charge in [-0.3, -0.25) is 9.79 Å². The van der Waals surface area contributed by atoms with E-state index in [2.05, 4.69) is 5.32 Å². The van der Waals surface area contributed by atoms with E-state index in [1.54, 1.807) is 6.07 Å². The van der Waals surface area contributed by atoms with E-state index in [0.29, 0.717) is 10.0 Å². The number of para-hydroxylation sites is 1. The van der Waals surface area contributed by atoms with Gasteiger partial charge in [0, 0.05) is 16.3 Å². The van der Waals surface area contributed by atoms with E-state index >= 15 is 0 Å². The summed E-state index contributed by atoms with van der Waals surface area (Å²) in [5.41, 5.74) is 1.95. The average Bonchev–Trinajstić information content (AvgIpc) is 2.91. The number of aliphatic imine (C=N–C) groups is 2. The Bertz CT molecular complexity index is 983. The highest BCUT2D eigenvalue weighted by atomic mass is 35.5. The molecule has 1 aliphatic heterocycles. The molecule has 2 aromatic carbocycles. The Kier molecular flexibility index (Phi) is 6.81. The van der Waals surface area contributed by atoms with Crippen molar-refractivity contribution in [1.82, 2.24) is 0 Å². The minimum absolute atomic E-state index is 0.0720. The second kappa shape index (κ2) is 9.54. The Hall–Kier alpha value is -1.82. The first kappa shape index (κ1) is 21.4.